The van der Waals surface area contributed by atoms with Gasteiger partial charge in [0.05, 0.1) is 6.04 Å². The summed E-state index contributed by atoms with van der Waals surface area (Å²) in [5.74, 6) is 0.567. The van der Waals surface area contributed by atoms with E-state index in [0.717, 1.165) is 15.8 Å². The quantitative estimate of drug-likeness (QED) is 0.822. The number of benzene rings is 1. The van der Waals surface area contributed by atoms with Crippen LogP contribution in [0.15, 0.2) is 22.7 Å². The minimum atomic E-state index is -0.861. The molecule has 0 aromatic heterocycles. The van der Waals surface area contributed by atoms with Gasteiger partial charge in [-0.05, 0) is 45.7 Å². The van der Waals surface area contributed by atoms with E-state index in [4.69, 9.17) is 9.47 Å². The maximum absolute atomic E-state index is 12.6. The first-order valence-electron chi connectivity index (χ1n) is 7.93. The van der Waals surface area contributed by atoms with Crippen LogP contribution in [0.25, 0.3) is 0 Å². The van der Waals surface area contributed by atoms with Crippen molar-refractivity contribution in [3.05, 3.63) is 28.2 Å². The van der Waals surface area contributed by atoms with Crippen LogP contribution in [-0.4, -0.2) is 29.7 Å². The first-order valence-corrected chi connectivity index (χ1v) is 8.72. The Bertz CT molecular complexity index is 680. The van der Waals surface area contributed by atoms with E-state index in [2.05, 4.69) is 26.6 Å². The minimum absolute atomic E-state index is 0.197. The van der Waals surface area contributed by atoms with Gasteiger partial charge in [0.2, 0.25) is 5.91 Å². The molecule has 1 unspecified atom stereocenters. The molecule has 0 radical (unpaired) electrons. The number of alkyl carbamates (subject to hydrolysis) is 1. The fourth-order valence-corrected chi connectivity index (χ4v) is 2.97. The Balaban J connectivity index is 1.63. The molecule has 0 spiro atoms. The van der Waals surface area contributed by atoms with E-state index in [1.54, 1.807) is 20.8 Å². The monoisotopic (exact) mass is 396 g/mol. The zero-order valence-corrected chi connectivity index (χ0v) is 15.5. The molecule has 1 aromatic carbocycles. The standard InChI is InChI=1S/C17H21BrN2O4/c1-16(2,3)24-15(22)20-17(6-7-17)14(21)19-12-9-23-13-8-10(18)4-5-11(12)13/h4-5,8,12H,6-7,9H2,1-3H3,(H,19,21)(H,20,22). The lowest BCUT2D eigenvalue weighted by Crippen LogP contribution is -2.51. The zero-order chi connectivity index (χ0) is 17.5. The van der Waals surface area contributed by atoms with E-state index < -0.39 is 17.2 Å². The fraction of sp³-hybridized carbons (Fsp3) is 0.529. The molecule has 2 aliphatic rings. The highest BCUT2D eigenvalue weighted by molar-refractivity contribution is 9.10. The maximum atomic E-state index is 12.6. The average molecular weight is 397 g/mol. The summed E-state index contributed by atoms with van der Waals surface area (Å²) in [7, 11) is 0. The van der Waals surface area contributed by atoms with Crippen LogP contribution in [0.1, 0.15) is 45.2 Å². The molecule has 1 atom stereocenters. The average Bonchev–Trinajstić information content (AvgIpc) is 3.12. The summed E-state index contributed by atoms with van der Waals surface area (Å²) in [4.78, 5) is 24.6. The molecule has 2 N–H and O–H groups in total. The second-order valence-electron chi connectivity index (χ2n) is 7.23. The molecule has 7 heteroatoms. The van der Waals surface area contributed by atoms with Crippen molar-refractivity contribution >= 4 is 27.9 Å². The molecule has 0 bridgehead atoms. The molecular formula is C17H21BrN2O4. The largest absolute Gasteiger partial charge is 0.491 e. The molecule has 1 aliphatic heterocycles. The molecule has 1 aromatic rings. The van der Waals surface area contributed by atoms with Crippen LogP contribution >= 0.6 is 15.9 Å². The molecule has 130 valence electrons. The van der Waals surface area contributed by atoms with Crippen LogP contribution in [0.4, 0.5) is 4.79 Å². The number of rotatable bonds is 3. The summed E-state index contributed by atoms with van der Waals surface area (Å²) < 4.78 is 11.8. The summed E-state index contributed by atoms with van der Waals surface area (Å²) >= 11 is 3.40. The number of ether oxygens (including phenoxy) is 2. The predicted molar refractivity (Wildman–Crippen MR) is 91.9 cm³/mol. The van der Waals surface area contributed by atoms with Crippen molar-refractivity contribution < 1.29 is 19.1 Å². The summed E-state index contributed by atoms with van der Waals surface area (Å²) in [6.45, 7) is 5.76. The van der Waals surface area contributed by atoms with Gasteiger partial charge in [0.15, 0.2) is 0 Å². The Morgan fingerprint density at radius 3 is 2.67 bits per heavy atom. The Morgan fingerprint density at radius 1 is 1.33 bits per heavy atom. The minimum Gasteiger partial charge on any atom is -0.491 e. The summed E-state index contributed by atoms with van der Waals surface area (Å²) in [6, 6.07) is 5.52. The third-order valence-corrected chi connectivity index (χ3v) is 4.48. The smallest absolute Gasteiger partial charge is 0.408 e. The molecule has 24 heavy (non-hydrogen) atoms. The Labute approximate surface area is 149 Å². The topological polar surface area (TPSA) is 76.7 Å². The Kier molecular flexibility index (Phi) is 4.23. The molecular weight excluding hydrogens is 376 g/mol. The number of nitrogens with one attached hydrogen (secondary N) is 2. The van der Waals surface area contributed by atoms with Gasteiger partial charge in [-0.25, -0.2) is 4.79 Å². The first kappa shape index (κ1) is 17.1. The van der Waals surface area contributed by atoms with E-state index in [-0.39, 0.29) is 11.9 Å². The highest BCUT2D eigenvalue weighted by Gasteiger charge is 2.52. The van der Waals surface area contributed by atoms with Crippen molar-refractivity contribution in [3.63, 3.8) is 0 Å². The van der Waals surface area contributed by atoms with Crippen LogP contribution in [0, 0.1) is 0 Å². The van der Waals surface area contributed by atoms with Crippen LogP contribution in [0.3, 0.4) is 0 Å². The third-order valence-electron chi connectivity index (χ3n) is 3.99. The van der Waals surface area contributed by atoms with Gasteiger partial charge in [-0.15, -0.1) is 0 Å². The SMILES string of the molecule is CC(C)(C)OC(=O)NC1(C(=O)NC2COc3cc(Br)ccc32)CC1. The Hall–Kier alpha value is -1.76. The number of hydrogen-bond donors (Lipinski definition) is 2. The number of halogens is 1. The van der Waals surface area contributed by atoms with Crippen molar-refractivity contribution in [2.45, 2.75) is 50.8 Å². The second-order valence-corrected chi connectivity index (χ2v) is 8.14. The normalized spacial score (nSPS) is 20.6. The molecule has 0 saturated heterocycles. The Morgan fingerprint density at radius 2 is 2.04 bits per heavy atom. The maximum Gasteiger partial charge on any atom is 0.408 e. The molecule has 6 nitrogen and oxygen atoms in total. The molecule has 1 aliphatic carbocycles. The van der Waals surface area contributed by atoms with Gasteiger partial charge < -0.3 is 20.1 Å². The van der Waals surface area contributed by atoms with Crippen molar-refractivity contribution in [3.8, 4) is 5.75 Å². The molecule has 1 saturated carbocycles. The molecule has 2 amide bonds. The number of hydrogen-bond acceptors (Lipinski definition) is 4. The first-order chi connectivity index (χ1) is 11.2. The van der Waals surface area contributed by atoms with Gasteiger partial charge >= 0.3 is 6.09 Å². The van der Waals surface area contributed by atoms with Crippen LogP contribution in [0.5, 0.6) is 5.75 Å². The van der Waals surface area contributed by atoms with Gasteiger partial charge in [0.1, 0.15) is 23.5 Å². The highest BCUT2D eigenvalue weighted by atomic mass is 79.9. The number of amides is 2. The molecule has 1 fully saturated rings. The lowest BCUT2D eigenvalue weighted by Gasteiger charge is -2.24. The van der Waals surface area contributed by atoms with Crippen LogP contribution in [0.2, 0.25) is 0 Å². The van der Waals surface area contributed by atoms with Crippen LogP contribution in [-0.2, 0) is 9.53 Å². The number of carbonyl (C=O) groups is 2. The summed E-state index contributed by atoms with van der Waals surface area (Å²) in [6.07, 6.45) is 0.652. The van der Waals surface area contributed by atoms with Gasteiger partial charge in [-0.3, -0.25) is 4.79 Å². The molecule has 3 rings (SSSR count). The number of fused-ring (bicyclic) bond motifs is 1. The van der Waals surface area contributed by atoms with E-state index in [9.17, 15) is 9.59 Å². The van der Waals surface area contributed by atoms with Gasteiger partial charge in [0, 0.05) is 10.0 Å². The van der Waals surface area contributed by atoms with Crippen LogP contribution < -0.4 is 15.4 Å². The van der Waals surface area contributed by atoms with Crippen molar-refractivity contribution in [1.29, 1.82) is 0 Å². The summed E-state index contributed by atoms with van der Waals surface area (Å²) in [5.41, 5.74) is -0.512. The van der Waals surface area contributed by atoms with Crippen molar-refractivity contribution in [1.82, 2.24) is 10.6 Å². The fourth-order valence-electron chi connectivity index (χ4n) is 2.63. The van der Waals surface area contributed by atoms with Crippen molar-refractivity contribution in [2.24, 2.45) is 0 Å². The van der Waals surface area contributed by atoms with E-state index >= 15 is 0 Å². The zero-order valence-electron chi connectivity index (χ0n) is 13.9. The number of carbonyl (C=O) groups excluding carboxylic acids is 2. The van der Waals surface area contributed by atoms with Gasteiger partial charge in [0.25, 0.3) is 0 Å². The van der Waals surface area contributed by atoms with Gasteiger partial charge in [-0.2, -0.15) is 0 Å². The van der Waals surface area contributed by atoms with Crippen molar-refractivity contribution in [2.75, 3.05) is 6.61 Å². The van der Waals surface area contributed by atoms with E-state index in [0.29, 0.717) is 19.4 Å². The second kappa shape index (κ2) is 5.95. The van der Waals surface area contributed by atoms with E-state index in [1.807, 2.05) is 18.2 Å². The van der Waals surface area contributed by atoms with Gasteiger partial charge in [-0.1, -0.05) is 22.0 Å². The summed E-state index contributed by atoms with van der Waals surface area (Å²) in [5, 5.41) is 5.69. The molecule has 1 heterocycles. The predicted octanol–water partition coefficient (Wildman–Crippen LogP) is 3.06. The lowest BCUT2D eigenvalue weighted by atomic mass is 10.1. The third kappa shape index (κ3) is 3.66. The van der Waals surface area contributed by atoms with E-state index in [1.165, 1.54) is 0 Å². The highest BCUT2D eigenvalue weighted by Crippen LogP contribution is 2.39. The lowest BCUT2D eigenvalue weighted by molar-refractivity contribution is -0.125.